The van der Waals surface area contributed by atoms with Gasteiger partial charge in [0.2, 0.25) is 5.91 Å². The van der Waals surface area contributed by atoms with Crippen molar-refractivity contribution in [2.24, 2.45) is 5.92 Å². The molecule has 2 N–H and O–H groups in total. The smallest absolute Gasteiger partial charge is 0.234 e. The number of rotatable bonds is 5. The zero-order valence-electron chi connectivity index (χ0n) is 10.8. The molecular weight excluding hydrogens is 202 g/mol. The Bertz CT molecular complexity index is 212. The van der Waals surface area contributed by atoms with Gasteiger partial charge in [0, 0.05) is 12.6 Å². The van der Waals surface area contributed by atoms with Gasteiger partial charge >= 0.3 is 0 Å². The number of nitrogens with one attached hydrogen (secondary N) is 2. The summed E-state index contributed by atoms with van der Waals surface area (Å²) in [5, 5.41) is 6.31. The molecule has 1 aliphatic heterocycles. The Kier molecular flexibility index (Phi) is 5.77. The molecule has 4 heteroatoms. The van der Waals surface area contributed by atoms with Crippen molar-refractivity contribution in [1.29, 1.82) is 0 Å². The van der Waals surface area contributed by atoms with Crippen molar-refractivity contribution in [2.45, 2.75) is 32.7 Å². The van der Waals surface area contributed by atoms with E-state index in [0.29, 0.717) is 12.5 Å². The molecule has 0 radical (unpaired) electrons. The van der Waals surface area contributed by atoms with Crippen molar-refractivity contribution in [3.8, 4) is 0 Å². The predicted molar refractivity (Wildman–Crippen MR) is 66.4 cm³/mol. The lowest BCUT2D eigenvalue weighted by atomic mass is 9.99. The number of hydrogen-bond acceptors (Lipinski definition) is 3. The Labute approximate surface area is 98.8 Å². The Balaban J connectivity index is 2.18. The fourth-order valence-corrected chi connectivity index (χ4v) is 2.20. The van der Waals surface area contributed by atoms with Crippen LogP contribution in [0, 0.1) is 5.92 Å². The molecule has 4 nitrogen and oxygen atoms in total. The molecule has 1 unspecified atom stereocenters. The maximum atomic E-state index is 11.5. The van der Waals surface area contributed by atoms with Crippen LogP contribution in [-0.4, -0.2) is 50.1 Å². The molecule has 0 saturated carbocycles. The van der Waals surface area contributed by atoms with E-state index in [-0.39, 0.29) is 11.9 Å². The Morgan fingerprint density at radius 1 is 1.56 bits per heavy atom. The van der Waals surface area contributed by atoms with Crippen LogP contribution >= 0.6 is 0 Å². The summed E-state index contributed by atoms with van der Waals surface area (Å²) >= 11 is 0. The summed E-state index contributed by atoms with van der Waals surface area (Å²) in [6.45, 7) is 7.74. The fourth-order valence-electron chi connectivity index (χ4n) is 2.20. The largest absolute Gasteiger partial charge is 0.353 e. The summed E-state index contributed by atoms with van der Waals surface area (Å²) in [6, 6.07) is 0.234. The molecule has 0 spiro atoms. The second-order valence-corrected chi connectivity index (χ2v) is 5.13. The molecule has 0 aromatic heterocycles. The highest BCUT2D eigenvalue weighted by Crippen LogP contribution is 2.10. The van der Waals surface area contributed by atoms with Crippen LogP contribution in [0.4, 0.5) is 0 Å². The lowest BCUT2D eigenvalue weighted by Gasteiger charge is -2.27. The van der Waals surface area contributed by atoms with Crippen molar-refractivity contribution < 1.29 is 4.79 Å². The maximum absolute atomic E-state index is 11.5. The van der Waals surface area contributed by atoms with E-state index in [4.69, 9.17) is 0 Å². The van der Waals surface area contributed by atoms with E-state index in [1.807, 2.05) is 20.9 Å². The molecule has 0 aromatic rings. The van der Waals surface area contributed by atoms with Gasteiger partial charge in [-0.15, -0.1) is 0 Å². The van der Waals surface area contributed by atoms with Crippen molar-refractivity contribution in [3.05, 3.63) is 0 Å². The number of carbonyl (C=O) groups excluding carboxylic acids is 1. The number of amides is 1. The molecule has 1 atom stereocenters. The van der Waals surface area contributed by atoms with E-state index >= 15 is 0 Å². The molecule has 1 saturated heterocycles. The molecule has 0 aliphatic carbocycles. The molecule has 1 aliphatic rings. The molecular formula is C12H25N3O. The van der Waals surface area contributed by atoms with Gasteiger partial charge in [-0.3, -0.25) is 9.69 Å². The molecule has 1 rings (SSSR count). The molecule has 1 fully saturated rings. The van der Waals surface area contributed by atoms with Crippen LogP contribution in [-0.2, 0) is 4.79 Å². The first-order valence-corrected chi connectivity index (χ1v) is 6.26. The van der Waals surface area contributed by atoms with Crippen molar-refractivity contribution >= 4 is 5.91 Å². The van der Waals surface area contributed by atoms with Gasteiger partial charge in [0.05, 0.1) is 6.54 Å². The van der Waals surface area contributed by atoms with Crippen LogP contribution in [0.5, 0.6) is 0 Å². The van der Waals surface area contributed by atoms with Crippen LogP contribution in [0.2, 0.25) is 0 Å². The molecule has 1 amide bonds. The van der Waals surface area contributed by atoms with Crippen LogP contribution in [0.15, 0.2) is 0 Å². The Morgan fingerprint density at radius 3 is 2.88 bits per heavy atom. The number of piperidine rings is 1. The van der Waals surface area contributed by atoms with E-state index in [9.17, 15) is 4.79 Å². The van der Waals surface area contributed by atoms with Crippen molar-refractivity contribution in [1.82, 2.24) is 15.5 Å². The Hall–Kier alpha value is -0.610. The van der Waals surface area contributed by atoms with E-state index in [2.05, 4.69) is 15.5 Å². The fraction of sp³-hybridized carbons (Fsp3) is 0.917. The lowest BCUT2D eigenvalue weighted by Crippen LogP contribution is -2.42. The van der Waals surface area contributed by atoms with Gasteiger partial charge in [-0.25, -0.2) is 0 Å². The minimum Gasteiger partial charge on any atom is -0.353 e. The first-order chi connectivity index (χ1) is 7.58. The number of hydrogen-bond donors (Lipinski definition) is 2. The number of carbonyl (C=O) groups is 1. The van der Waals surface area contributed by atoms with Gasteiger partial charge in [-0.1, -0.05) is 0 Å². The van der Waals surface area contributed by atoms with Crippen LogP contribution in [0.3, 0.4) is 0 Å². The van der Waals surface area contributed by atoms with Gasteiger partial charge in [0.15, 0.2) is 0 Å². The topological polar surface area (TPSA) is 44.4 Å². The predicted octanol–water partition coefficient (Wildman–Crippen LogP) is 0.442. The molecule has 16 heavy (non-hydrogen) atoms. The second kappa shape index (κ2) is 6.86. The molecule has 1 heterocycles. The minimum absolute atomic E-state index is 0.126. The first kappa shape index (κ1) is 13.5. The summed E-state index contributed by atoms with van der Waals surface area (Å²) in [5.41, 5.74) is 0. The maximum Gasteiger partial charge on any atom is 0.234 e. The second-order valence-electron chi connectivity index (χ2n) is 5.13. The first-order valence-electron chi connectivity index (χ1n) is 6.26. The average molecular weight is 227 g/mol. The summed E-state index contributed by atoms with van der Waals surface area (Å²) in [4.78, 5) is 13.7. The Morgan fingerprint density at radius 2 is 2.31 bits per heavy atom. The van der Waals surface area contributed by atoms with Crippen LogP contribution in [0.25, 0.3) is 0 Å². The van der Waals surface area contributed by atoms with Gasteiger partial charge in [0.25, 0.3) is 0 Å². The third-order valence-corrected chi connectivity index (χ3v) is 2.83. The summed E-state index contributed by atoms with van der Waals surface area (Å²) in [5.74, 6) is 0.826. The van der Waals surface area contributed by atoms with E-state index in [1.54, 1.807) is 0 Å². The zero-order chi connectivity index (χ0) is 12.0. The van der Waals surface area contributed by atoms with Crippen LogP contribution in [0.1, 0.15) is 26.7 Å². The zero-order valence-corrected chi connectivity index (χ0v) is 10.8. The van der Waals surface area contributed by atoms with E-state index in [0.717, 1.165) is 19.6 Å². The highest BCUT2D eigenvalue weighted by Gasteiger charge is 2.16. The van der Waals surface area contributed by atoms with Gasteiger partial charge in [0.1, 0.15) is 0 Å². The lowest BCUT2D eigenvalue weighted by molar-refractivity contribution is -0.122. The number of likely N-dealkylation sites (N-methyl/N-ethyl adjacent to an activating group) is 1. The average Bonchev–Trinajstić information content (AvgIpc) is 2.17. The summed E-state index contributed by atoms with van der Waals surface area (Å²) < 4.78 is 0. The van der Waals surface area contributed by atoms with Gasteiger partial charge in [-0.2, -0.15) is 0 Å². The number of nitrogens with zero attached hydrogens (tertiary/aromatic N) is 1. The summed E-state index contributed by atoms with van der Waals surface area (Å²) in [7, 11) is 2.02. The minimum atomic E-state index is 0.126. The standard InChI is InChI=1S/C12H25N3O/c1-10(2)14-12(16)9-15(3)8-11-5-4-6-13-7-11/h10-11,13H,4-9H2,1-3H3,(H,14,16). The van der Waals surface area contributed by atoms with Crippen LogP contribution < -0.4 is 10.6 Å². The molecule has 0 bridgehead atoms. The molecule has 94 valence electrons. The highest BCUT2D eigenvalue weighted by molar-refractivity contribution is 5.78. The highest BCUT2D eigenvalue weighted by atomic mass is 16.2. The van der Waals surface area contributed by atoms with E-state index < -0.39 is 0 Å². The molecule has 0 aromatic carbocycles. The SMILES string of the molecule is CC(C)NC(=O)CN(C)CC1CCCNC1. The quantitative estimate of drug-likeness (QED) is 0.716. The third kappa shape index (κ3) is 5.47. The van der Waals surface area contributed by atoms with Crippen molar-refractivity contribution in [3.63, 3.8) is 0 Å². The third-order valence-electron chi connectivity index (χ3n) is 2.83. The summed E-state index contributed by atoms with van der Waals surface area (Å²) in [6.07, 6.45) is 2.54. The normalized spacial score (nSPS) is 21.4. The monoisotopic (exact) mass is 227 g/mol. The van der Waals surface area contributed by atoms with E-state index in [1.165, 1.54) is 12.8 Å². The van der Waals surface area contributed by atoms with Crippen molar-refractivity contribution in [2.75, 3.05) is 33.2 Å². The van der Waals surface area contributed by atoms with Gasteiger partial charge in [-0.05, 0) is 52.7 Å². The van der Waals surface area contributed by atoms with Gasteiger partial charge < -0.3 is 10.6 Å².